The topological polar surface area (TPSA) is 51.2 Å². The van der Waals surface area contributed by atoms with Crippen molar-refractivity contribution >= 4 is 17.3 Å². The summed E-state index contributed by atoms with van der Waals surface area (Å²) in [5, 5.41) is 0. The Balaban J connectivity index is 0.000000210. The van der Waals surface area contributed by atoms with Gasteiger partial charge in [0.1, 0.15) is 17.3 Å². The Labute approximate surface area is 487 Å². The summed E-state index contributed by atoms with van der Waals surface area (Å²) in [6, 6.07) is 93.2. The van der Waals surface area contributed by atoms with Crippen molar-refractivity contribution in [3.8, 4) is 0 Å². The van der Waals surface area contributed by atoms with Crippen LogP contribution in [0.5, 0.6) is 0 Å². The first-order chi connectivity index (χ1) is 36.5. The van der Waals surface area contributed by atoms with Crippen molar-refractivity contribution < 1.29 is 55.2 Å². The van der Waals surface area contributed by atoms with Crippen LogP contribution >= 0.6 is 0 Å². The molecule has 398 valence electrons. The quantitative estimate of drug-likeness (QED) is 0.0674. The molecular formula is C72H72O3Pd2. The Morgan fingerprint density at radius 3 is 0.377 bits per heavy atom. The molecule has 0 spiro atoms. The molecule has 5 heteroatoms. The number of rotatable bonds is 21. The number of hydrogen-bond acceptors (Lipinski definition) is 3. The van der Waals surface area contributed by atoms with Gasteiger partial charge in [-0.15, -0.1) is 0 Å². The molecule has 0 atom stereocenters. The molecule has 0 unspecified atom stereocenters. The third kappa shape index (κ3) is 19.1. The van der Waals surface area contributed by atoms with Gasteiger partial charge in [0.25, 0.3) is 0 Å². The van der Waals surface area contributed by atoms with E-state index in [0.29, 0.717) is 0 Å². The van der Waals surface area contributed by atoms with Crippen LogP contribution in [0, 0.1) is 16.2 Å². The van der Waals surface area contributed by atoms with Gasteiger partial charge in [0.15, 0.2) is 0 Å². The van der Waals surface area contributed by atoms with E-state index < -0.39 is 16.2 Å². The molecule has 0 fully saturated rings. The maximum Gasteiger partial charge on any atom is 0.136 e. The first-order valence-corrected chi connectivity index (χ1v) is 26.4. The van der Waals surface area contributed by atoms with Crippen LogP contribution in [0.1, 0.15) is 70.8 Å². The van der Waals surface area contributed by atoms with Crippen LogP contribution < -0.4 is 0 Å². The van der Waals surface area contributed by atoms with E-state index >= 15 is 0 Å². The van der Waals surface area contributed by atoms with Crippen molar-refractivity contribution in [3.05, 3.63) is 323 Å². The van der Waals surface area contributed by atoms with Crippen LogP contribution in [0.15, 0.2) is 273 Å². The van der Waals surface area contributed by atoms with Gasteiger partial charge < -0.3 is 0 Å². The molecule has 3 nitrogen and oxygen atoms in total. The summed E-state index contributed by atoms with van der Waals surface area (Å²) in [7, 11) is 0. The zero-order valence-corrected chi connectivity index (χ0v) is 47.8. The van der Waals surface area contributed by atoms with Crippen molar-refractivity contribution in [1.29, 1.82) is 0 Å². The van der Waals surface area contributed by atoms with Gasteiger partial charge in [-0.2, -0.15) is 0 Å². The monoisotopic (exact) mass is 1200 g/mol. The van der Waals surface area contributed by atoms with Crippen LogP contribution in [-0.2, 0) is 113 Å². The summed E-state index contributed by atoms with van der Waals surface area (Å²) in [5.74, 6) is 0.761. The van der Waals surface area contributed by atoms with E-state index in [9.17, 15) is 14.4 Å². The fourth-order valence-electron chi connectivity index (χ4n) is 10.6. The molecule has 0 bridgehead atoms. The van der Waals surface area contributed by atoms with E-state index in [4.69, 9.17) is 0 Å². The largest absolute Gasteiger partial charge is 0.299 e. The molecule has 0 saturated heterocycles. The smallest absolute Gasteiger partial charge is 0.136 e. The average molecular weight is 1200 g/mol. The maximum absolute atomic E-state index is 12.9. The second kappa shape index (κ2) is 31.5. The SMILES string of the molecule is CC(=O)C(Cc1ccccc1)(Cc1ccccc1)Cc1ccccc1.CC(=O)C(Cc1ccccc1)(Cc1ccccc1)Cc1ccccc1.CC(=O)C(Cc1ccccc1)(Cc1ccccc1)Cc1ccccc1.[Pd].[Pd]. The first-order valence-electron chi connectivity index (χ1n) is 26.4. The molecule has 9 rings (SSSR count). The molecule has 9 aromatic rings. The molecule has 0 aliphatic carbocycles. The van der Waals surface area contributed by atoms with Gasteiger partial charge in [-0.05, 0) is 129 Å². The van der Waals surface area contributed by atoms with E-state index in [2.05, 4.69) is 109 Å². The second-order valence-electron chi connectivity index (χ2n) is 20.5. The normalized spacial score (nSPS) is 10.9. The third-order valence-corrected chi connectivity index (χ3v) is 14.7. The van der Waals surface area contributed by atoms with Crippen molar-refractivity contribution in [2.75, 3.05) is 0 Å². The van der Waals surface area contributed by atoms with Gasteiger partial charge in [0.2, 0.25) is 0 Å². The summed E-state index contributed by atoms with van der Waals surface area (Å²) in [6.07, 6.45) is 6.81. The van der Waals surface area contributed by atoms with E-state index in [0.717, 1.165) is 57.8 Å². The molecule has 77 heavy (non-hydrogen) atoms. The van der Waals surface area contributed by atoms with Crippen molar-refractivity contribution in [2.45, 2.75) is 78.6 Å². The predicted octanol–water partition coefficient (Wildman–Crippen LogP) is 15.9. The molecule has 9 aromatic carbocycles. The third-order valence-electron chi connectivity index (χ3n) is 14.7. The number of hydrogen-bond donors (Lipinski definition) is 0. The minimum absolute atomic E-state index is 0. The molecule has 0 saturated carbocycles. The van der Waals surface area contributed by atoms with Crippen molar-refractivity contribution in [3.63, 3.8) is 0 Å². The number of benzene rings is 9. The standard InChI is InChI=1S/3C24H24O.2Pd/c3*1-20(25)24(17-21-11-5-2-6-12-21,18-22-13-7-3-8-14-22)19-23-15-9-4-10-16-23;;/h3*2-16H,17-19H2,1H3;;. The summed E-state index contributed by atoms with van der Waals surface area (Å²) in [6.45, 7) is 5.23. The van der Waals surface area contributed by atoms with E-state index in [1.54, 1.807) is 20.8 Å². The Morgan fingerprint density at radius 1 is 0.208 bits per heavy atom. The fourth-order valence-corrected chi connectivity index (χ4v) is 10.6. The maximum atomic E-state index is 12.9. The molecule has 0 amide bonds. The summed E-state index contributed by atoms with van der Waals surface area (Å²) < 4.78 is 0. The number of Topliss-reactive ketones (excluding diaryl/α,β-unsaturated/α-hetero) is 3. The van der Waals surface area contributed by atoms with E-state index in [-0.39, 0.29) is 58.2 Å². The zero-order chi connectivity index (χ0) is 52.6. The van der Waals surface area contributed by atoms with Crippen LogP contribution in [-0.4, -0.2) is 17.3 Å². The van der Waals surface area contributed by atoms with E-state index in [1.807, 2.05) is 164 Å². The Kier molecular flexibility index (Phi) is 25.0. The van der Waals surface area contributed by atoms with E-state index in [1.165, 1.54) is 50.1 Å². The van der Waals surface area contributed by atoms with Gasteiger partial charge in [-0.1, -0.05) is 273 Å². The number of carbonyl (C=O) groups excluding carboxylic acids is 3. The van der Waals surface area contributed by atoms with Crippen molar-refractivity contribution in [2.24, 2.45) is 16.2 Å². The predicted molar refractivity (Wildman–Crippen MR) is 311 cm³/mol. The van der Waals surface area contributed by atoms with Crippen LogP contribution in [0.25, 0.3) is 0 Å². The minimum Gasteiger partial charge on any atom is -0.299 e. The minimum atomic E-state index is -0.427. The number of ketones is 3. The second-order valence-corrected chi connectivity index (χ2v) is 20.5. The molecule has 0 aromatic heterocycles. The Hall–Kier alpha value is -6.69. The zero-order valence-electron chi connectivity index (χ0n) is 44.7. The summed E-state index contributed by atoms with van der Waals surface area (Å²) in [4.78, 5) is 38.6. The van der Waals surface area contributed by atoms with Crippen LogP contribution in [0.4, 0.5) is 0 Å². The van der Waals surface area contributed by atoms with Gasteiger partial charge >= 0.3 is 0 Å². The van der Waals surface area contributed by atoms with Crippen LogP contribution in [0.3, 0.4) is 0 Å². The molecule has 0 heterocycles. The first kappa shape index (κ1) is 61.2. The van der Waals surface area contributed by atoms with Gasteiger partial charge in [0.05, 0.1) is 0 Å². The Morgan fingerprint density at radius 2 is 0.299 bits per heavy atom. The van der Waals surface area contributed by atoms with Gasteiger partial charge in [-0.25, -0.2) is 0 Å². The molecular weight excluding hydrogens is 1130 g/mol. The van der Waals surface area contributed by atoms with Crippen LogP contribution in [0.2, 0.25) is 0 Å². The molecule has 0 aliphatic heterocycles. The average Bonchev–Trinajstić information content (AvgIpc) is 3.44. The van der Waals surface area contributed by atoms with Crippen molar-refractivity contribution in [1.82, 2.24) is 0 Å². The summed E-state index contributed by atoms with van der Waals surface area (Å²) in [5.41, 5.74) is 9.63. The fraction of sp³-hybridized carbons (Fsp3) is 0.208. The van der Waals surface area contributed by atoms with Gasteiger partial charge in [0, 0.05) is 57.1 Å². The molecule has 0 radical (unpaired) electrons. The van der Waals surface area contributed by atoms with Gasteiger partial charge in [-0.3, -0.25) is 14.4 Å². The number of carbonyl (C=O) groups is 3. The Bertz CT molecular complexity index is 2420. The molecule has 0 aliphatic rings. The summed E-state index contributed by atoms with van der Waals surface area (Å²) >= 11 is 0. The molecule has 0 N–H and O–H groups in total.